The molecular formula is C15H26O. The highest BCUT2D eigenvalue weighted by Gasteiger charge is 1.93. The average Bonchev–Trinajstić information content (AvgIpc) is 2.31. The summed E-state index contributed by atoms with van der Waals surface area (Å²) in [7, 11) is 0. The standard InChI is InChI=1S/C15H26O/c1-3-5-6-7-8-9-10-11-12-13-14-15(16)4-2/h3-10,13-14H2,1-2H3. The number of Topliss-reactive ketones (excluding diaryl/α,β-unsaturated/α-hetero) is 1. The third-order valence-corrected chi connectivity index (χ3v) is 2.70. The Balaban J connectivity index is 3.18. The molecule has 0 heterocycles. The summed E-state index contributed by atoms with van der Waals surface area (Å²) in [5.41, 5.74) is 0. The Labute approximate surface area is 101 Å². The third kappa shape index (κ3) is 11.3. The number of carbonyl (C=O) groups excluding carboxylic acids is 1. The molecule has 0 N–H and O–H groups in total. The fourth-order valence-electron chi connectivity index (χ4n) is 1.55. The molecule has 16 heavy (non-hydrogen) atoms. The zero-order valence-electron chi connectivity index (χ0n) is 11.0. The minimum absolute atomic E-state index is 0.328. The predicted octanol–water partition coefficient (Wildman–Crippen LogP) is 4.50. The molecule has 0 aromatic heterocycles. The molecule has 92 valence electrons. The molecule has 1 heteroatoms. The molecule has 0 saturated carbocycles. The molecule has 0 atom stereocenters. The van der Waals surface area contributed by atoms with Gasteiger partial charge in [-0.05, 0) is 6.42 Å². The van der Waals surface area contributed by atoms with Crippen LogP contribution in [-0.2, 0) is 4.79 Å². The Hall–Kier alpha value is -0.770. The summed E-state index contributed by atoms with van der Waals surface area (Å²) in [4.78, 5) is 11.0. The van der Waals surface area contributed by atoms with Crippen LogP contribution >= 0.6 is 0 Å². The number of hydrogen-bond acceptors (Lipinski definition) is 1. The number of rotatable bonds is 9. The lowest BCUT2D eigenvalue weighted by atomic mass is 10.1. The van der Waals surface area contributed by atoms with Crippen molar-refractivity contribution in [1.29, 1.82) is 0 Å². The maximum atomic E-state index is 11.0. The molecule has 0 aliphatic carbocycles. The van der Waals surface area contributed by atoms with Crippen LogP contribution < -0.4 is 0 Å². The van der Waals surface area contributed by atoms with E-state index in [0.717, 1.165) is 12.8 Å². The first-order valence-corrected chi connectivity index (χ1v) is 6.78. The van der Waals surface area contributed by atoms with Crippen molar-refractivity contribution >= 4 is 5.78 Å². The van der Waals surface area contributed by atoms with Crippen LogP contribution in [0.1, 0.15) is 78.1 Å². The molecule has 0 rings (SSSR count). The van der Waals surface area contributed by atoms with Crippen molar-refractivity contribution in [3.63, 3.8) is 0 Å². The van der Waals surface area contributed by atoms with Gasteiger partial charge in [-0.2, -0.15) is 0 Å². The van der Waals surface area contributed by atoms with E-state index < -0.39 is 0 Å². The Morgan fingerprint density at radius 2 is 1.50 bits per heavy atom. The van der Waals surface area contributed by atoms with Gasteiger partial charge in [-0.3, -0.25) is 4.79 Å². The largest absolute Gasteiger partial charge is 0.300 e. The predicted molar refractivity (Wildman–Crippen MR) is 70.3 cm³/mol. The summed E-state index contributed by atoms with van der Waals surface area (Å²) in [5, 5.41) is 0. The molecule has 0 aliphatic heterocycles. The first kappa shape index (κ1) is 15.2. The lowest BCUT2D eigenvalue weighted by Gasteiger charge is -1.96. The second-order valence-electron chi connectivity index (χ2n) is 4.26. The first-order chi connectivity index (χ1) is 7.81. The molecule has 1 nitrogen and oxygen atoms in total. The number of unbranched alkanes of at least 4 members (excludes halogenated alkanes) is 6. The van der Waals surface area contributed by atoms with E-state index in [1.807, 2.05) is 6.92 Å². The van der Waals surface area contributed by atoms with Crippen LogP contribution in [-0.4, -0.2) is 5.78 Å². The molecule has 0 aliphatic rings. The summed E-state index contributed by atoms with van der Waals surface area (Å²) in [6, 6.07) is 0. The lowest BCUT2D eigenvalue weighted by Crippen LogP contribution is -1.92. The monoisotopic (exact) mass is 222 g/mol. The van der Waals surface area contributed by atoms with E-state index in [4.69, 9.17) is 0 Å². The average molecular weight is 222 g/mol. The van der Waals surface area contributed by atoms with Crippen molar-refractivity contribution < 1.29 is 4.79 Å². The molecule has 0 spiro atoms. The Kier molecular flexibility index (Phi) is 11.7. The van der Waals surface area contributed by atoms with Gasteiger partial charge in [0, 0.05) is 25.7 Å². The number of carbonyl (C=O) groups is 1. The lowest BCUT2D eigenvalue weighted by molar-refractivity contribution is -0.118. The summed E-state index contributed by atoms with van der Waals surface area (Å²) >= 11 is 0. The number of ketones is 1. The van der Waals surface area contributed by atoms with Crippen LogP contribution in [0.2, 0.25) is 0 Å². The van der Waals surface area contributed by atoms with Gasteiger partial charge in [0.05, 0.1) is 0 Å². The van der Waals surface area contributed by atoms with Gasteiger partial charge in [0.25, 0.3) is 0 Å². The van der Waals surface area contributed by atoms with Crippen LogP contribution in [0.15, 0.2) is 0 Å². The van der Waals surface area contributed by atoms with Crippen molar-refractivity contribution in [3.05, 3.63) is 0 Å². The third-order valence-electron chi connectivity index (χ3n) is 2.70. The maximum absolute atomic E-state index is 11.0. The maximum Gasteiger partial charge on any atom is 0.133 e. The van der Waals surface area contributed by atoms with Crippen LogP contribution in [0.4, 0.5) is 0 Å². The molecule has 0 aromatic carbocycles. The molecule has 0 unspecified atom stereocenters. The Bertz CT molecular complexity index is 219. The molecule has 0 aromatic rings. The minimum atomic E-state index is 0.328. The van der Waals surface area contributed by atoms with E-state index in [9.17, 15) is 4.79 Å². The fraction of sp³-hybridized carbons (Fsp3) is 0.800. The van der Waals surface area contributed by atoms with Crippen LogP contribution in [0.25, 0.3) is 0 Å². The molecule has 0 amide bonds. The second kappa shape index (κ2) is 12.3. The number of hydrogen-bond donors (Lipinski definition) is 0. The highest BCUT2D eigenvalue weighted by Crippen LogP contribution is 2.06. The van der Waals surface area contributed by atoms with Crippen LogP contribution in [0, 0.1) is 11.8 Å². The van der Waals surface area contributed by atoms with Crippen molar-refractivity contribution in [2.24, 2.45) is 0 Å². The molecule has 0 bridgehead atoms. The van der Waals surface area contributed by atoms with Crippen molar-refractivity contribution in [3.8, 4) is 11.8 Å². The highest BCUT2D eigenvalue weighted by molar-refractivity contribution is 5.78. The van der Waals surface area contributed by atoms with E-state index in [-0.39, 0.29) is 0 Å². The molecule has 0 radical (unpaired) electrons. The smallest absolute Gasteiger partial charge is 0.133 e. The van der Waals surface area contributed by atoms with Gasteiger partial charge in [0.15, 0.2) is 0 Å². The normalized spacial score (nSPS) is 9.62. The van der Waals surface area contributed by atoms with Gasteiger partial charge in [0.1, 0.15) is 5.78 Å². The summed E-state index contributed by atoms with van der Waals surface area (Å²) in [6.45, 7) is 4.15. The van der Waals surface area contributed by atoms with Crippen LogP contribution in [0.3, 0.4) is 0 Å². The summed E-state index contributed by atoms with van der Waals surface area (Å²) < 4.78 is 0. The van der Waals surface area contributed by atoms with Crippen molar-refractivity contribution in [2.45, 2.75) is 78.1 Å². The van der Waals surface area contributed by atoms with Gasteiger partial charge >= 0.3 is 0 Å². The van der Waals surface area contributed by atoms with Gasteiger partial charge < -0.3 is 0 Å². The van der Waals surface area contributed by atoms with Gasteiger partial charge in [-0.15, -0.1) is 11.8 Å². The Morgan fingerprint density at radius 1 is 0.875 bits per heavy atom. The van der Waals surface area contributed by atoms with Gasteiger partial charge in [-0.25, -0.2) is 0 Å². The van der Waals surface area contributed by atoms with E-state index in [2.05, 4.69) is 18.8 Å². The zero-order valence-corrected chi connectivity index (χ0v) is 11.0. The van der Waals surface area contributed by atoms with E-state index in [1.165, 1.54) is 38.5 Å². The van der Waals surface area contributed by atoms with E-state index in [1.54, 1.807) is 0 Å². The SMILES string of the molecule is CCCCCCCCC#CCCC(=O)CC. The minimum Gasteiger partial charge on any atom is -0.300 e. The Morgan fingerprint density at radius 3 is 2.19 bits per heavy atom. The zero-order chi connectivity index (χ0) is 12.1. The van der Waals surface area contributed by atoms with Crippen molar-refractivity contribution in [1.82, 2.24) is 0 Å². The topological polar surface area (TPSA) is 17.1 Å². The first-order valence-electron chi connectivity index (χ1n) is 6.78. The highest BCUT2D eigenvalue weighted by atomic mass is 16.1. The van der Waals surface area contributed by atoms with Crippen molar-refractivity contribution in [2.75, 3.05) is 0 Å². The quantitative estimate of drug-likeness (QED) is 0.414. The van der Waals surface area contributed by atoms with E-state index in [0.29, 0.717) is 18.6 Å². The molecular weight excluding hydrogens is 196 g/mol. The summed E-state index contributed by atoms with van der Waals surface area (Å²) in [6.07, 6.45) is 11.0. The summed E-state index contributed by atoms with van der Waals surface area (Å²) in [5.74, 6) is 6.56. The fourth-order valence-corrected chi connectivity index (χ4v) is 1.55. The van der Waals surface area contributed by atoms with Gasteiger partial charge in [0.2, 0.25) is 0 Å². The molecule has 0 saturated heterocycles. The van der Waals surface area contributed by atoms with Gasteiger partial charge in [-0.1, -0.05) is 46.0 Å². The van der Waals surface area contributed by atoms with Crippen LogP contribution in [0.5, 0.6) is 0 Å². The molecule has 0 fully saturated rings. The van der Waals surface area contributed by atoms with E-state index >= 15 is 0 Å². The second-order valence-corrected chi connectivity index (χ2v) is 4.26.